The number of hydrogen-bond donors (Lipinski definition) is 2. The van der Waals surface area contributed by atoms with Crippen LogP contribution in [0.15, 0.2) is 60.7 Å². The Morgan fingerprint density at radius 2 is 1.68 bits per heavy atom. The van der Waals surface area contributed by atoms with Gasteiger partial charge < -0.3 is 20.4 Å². The molecule has 0 aromatic heterocycles. The lowest BCUT2D eigenvalue weighted by atomic mass is 10.0. The van der Waals surface area contributed by atoms with Crippen LogP contribution in [0.25, 0.3) is 0 Å². The Morgan fingerprint density at radius 3 is 2.36 bits per heavy atom. The number of carbonyl (C=O) groups excluding carboxylic acids is 1. The number of urea groups is 1. The molecule has 1 aliphatic heterocycles. The number of carbonyl (C=O) groups is 1. The van der Waals surface area contributed by atoms with E-state index >= 15 is 0 Å². The molecule has 3 rings (SSSR count). The molecule has 0 atom stereocenters. The van der Waals surface area contributed by atoms with Gasteiger partial charge in [0, 0.05) is 37.9 Å². The van der Waals surface area contributed by atoms with Gasteiger partial charge in [-0.15, -0.1) is 0 Å². The van der Waals surface area contributed by atoms with Crippen molar-refractivity contribution in [3.05, 3.63) is 66.2 Å². The summed E-state index contributed by atoms with van der Waals surface area (Å²) < 4.78 is 0. The molecule has 2 N–H and O–H groups in total. The van der Waals surface area contributed by atoms with Gasteiger partial charge in [0.05, 0.1) is 0 Å². The Labute approximate surface area is 168 Å². The molecule has 2 aromatic rings. The molecule has 0 saturated carbocycles. The average Bonchev–Trinajstić information content (AvgIpc) is 2.73. The zero-order chi connectivity index (χ0) is 19.6. The third kappa shape index (κ3) is 6.57. The molecule has 0 unspecified atom stereocenters. The van der Waals surface area contributed by atoms with E-state index in [9.17, 15) is 4.79 Å². The highest BCUT2D eigenvalue weighted by Crippen LogP contribution is 2.19. The van der Waals surface area contributed by atoms with Crippen LogP contribution in [-0.2, 0) is 6.54 Å². The quantitative estimate of drug-likeness (QED) is 0.690. The van der Waals surface area contributed by atoms with E-state index in [2.05, 4.69) is 76.0 Å². The van der Waals surface area contributed by atoms with Crippen molar-refractivity contribution in [2.75, 3.05) is 38.1 Å². The first-order valence-corrected chi connectivity index (χ1v) is 10.3. The highest BCUT2D eigenvalue weighted by atomic mass is 16.2. The van der Waals surface area contributed by atoms with Crippen molar-refractivity contribution < 1.29 is 4.79 Å². The SMILES string of the molecule is CN(CCCNC(=O)NC1CCN(c2ccccc2)CC1)Cc1ccccc1. The topological polar surface area (TPSA) is 47.6 Å². The molecule has 150 valence electrons. The van der Waals surface area contributed by atoms with Gasteiger partial charge in [-0.3, -0.25) is 0 Å². The van der Waals surface area contributed by atoms with Gasteiger partial charge in [0.15, 0.2) is 0 Å². The van der Waals surface area contributed by atoms with Crippen molar-refractivity contribution in [1.82, 2.24) is 15.5 Å². The second-order valence-corrected chi connectivity index (χ2v) is 7.57. The second-order valence-electron chi connectivity index (χ2n) is 7.57. The molecule has 5 nitrogen and oxygen atoms in total. The normalized spacial score (nSPS) is 14.9. The summed E-state index contributed by atoms with van der Waals surface area (Å²) in [7, 11) is 2.12. The molecule has 5 heteroatoms. The molecule has 0 aliphatic carbocycles. The maximum atomic E-state index is 12.1. The van der Waals surface area contributed by atoms with E-state index in [1.54, 1.807) is 0 Å². The number of para-hydroxylation sites is 1. The maximum absolute atomic E-state index is 12.1. The predicted octanol–water partition coefficient (Wildman–Crippen LogP) is 3.48. The van der Waals surface area contributed by atoms with E-state index < -0.39 is 0 Å². The van der Waals surface area contributed by atoms with Gasteiger partial charge in [-0.05, 0) is 50.6 Å². The van der Waals surface area contributed by atoms with Gasteiger partial charge in [0.2, 0.25) is 0 Å². The van der Waals surface area contributed by atoms with Crippen LogP contribution in [0, 0.1) is 0 Å². The average molecular weight is 381 g/mol. The summed E-state index contributed by atoms with van der Waals surface area (Å²) in [5.41, 5.74) is 2.59. The standard InChI is InChI=1S/C23H32N4O/c1-26(19-20-9-4-2-5-10-20)16-8-15-24-23(28)25-21-13-17-27(18-14-21)22-11-6-3-7-12-22/h2-7,9-12,21H,8,13-19H2,1H3,(H2,24,25,28). The molecule has 2 aromatic carbocycles. The minimum atomic E-state index is -0.0381. The molecule has 0 radical (unpaired) electrons. The van der Waals surface area contributed by atoms with Gasteiger partial charge in [0.25, 0.3) is 0 Å². The summed E-state index contributed by atoms with van der Waals surface area (Å²) in [4.78, 5) is 16.8. The highest BCUT2D eigenvalue weighted by molar-refractivity contribution is 5.74. The summed E-state index contributed by atoms with van der Waals surface area (Å²) in [5, 5.41) is 6.13. The van der Waals surface area contributed by atoms with Crippen LogP contribution in [0.1, 0.15) is 24.8 Å². The summed E-state index contributed by atoms with van der Waals surface area (Å²) in [5.74, 6) is 0. The van der Waals surface area contributed by atoms with Crippen molar-refractivity contribution in [3.8, 4) is 0 Å². The zero-order valence-corrected chi connectivity index (χ0v) is 16.8. The van der Waals surface area contributed by atoms with Crippen LogP contribution in [0.5, 0.6) is 0 Å². The molecule has 0 bridgehead atoms. The Balaban J connectivity index is 1.27. The Bertz CT molecular complexity index is 699. The van der Waals surface area contributed by atoms with Crippen molar-refractivity contribution >= 4 is 11.7 Å². The number of nitrogens with zero attached hydrogens (tertiary/aromatic N) is 2. The number of anilines is 1. The van der Waals surface area contributed by atoms with E-state index in [4.69, 9.17) is 0 Å². The van der Waals surface area contributed by atoms with Gasteiger partial charge in [-0.1, -0.05) is 48.5 Å². The van der Waals surface area contributed by atoms with Crippen LogP contribution in [-0.4, -0.2) is 50.2 Å². The largest absolute Gasteiger partial charge is 0.371 e. The molecule has 1 saturated heterocycles. The highest BCUT2D eigenvalue weighted by Gasteiger charge is 2.20. The fourth-order valence-electron chi connectivity index (χ4n) is 3.68. The molecule has 1 fully saturated rings. The summed E-state index contributed by atoms with van der Waals surface area (Å²) in [6.45, 7) is 4.57. The molecule has 1 heterocycles. The van der Waals surface area contributed by atoms with Crippen molar-refractivity contribution in [2.45, 2.75) is 31.8 Å². The third-order valence-corrected chi connectivity index (χ3v) is 5.25. The Kier molecular flexibility index (Phi) is 7.73. The lowest BCUT2D eigenvalue weighted by Crippen LogP contribution is -2.48. The van der Waals surface area contributed by atoms with Crippen LogP contribution in [0.4, 0.5) is 10.5 Å². The molecule has 2 amide bonds. The van der Waals surface area contributed by atoms with Gasteiger partial charge in [-0.2, -0.15) is 0 Å². The number of benzene rings is 2. The third-order valence-electron chi connectivity index (χ3n) is 5.25. The van der Waals surface area contributed by atoms with Crippen LogP contribution < -0.4 is 15.5 Å². The van der Waals surface area contributed by atoms with Crippen LogP contribution in [0.2, 0.25) is 0 Å². The first kappa shape index (κ1) is 20.2. The molecule has 28 heavy (non-hydrogen) atoms. The van der Waals surface area contributed by atoms with E-state index in [-0.39, 0.29) is 12.1 Å². The first-order valence-electron chi connectivity index (χ1n) is 10.3. The number of rotatable bonds is 8. The lowest BCUT2D eigenvalue weighted by molar-refractivity contribution is 0.233. The zero-order valence-electron chi connectivity index (χ0n) is 16.8. The van der Waals surface area contributed by atoms with E-state index in [1.165, 1.54) is 11.3 Å². The predicted molar refractivity (Wildman–Crippen MR) is 116 cm³/mol. The maximum Gasteiger partial charge on any atom is 0.315 e. The summed E-state index contributed by atoms with van der Waals surface area (Å²) in [6, 6.07) is 21.2. The molecular weight excluding hydrogens is 348 g/mol. The second kappa shape index (κ2) is 10.7. The number of nitrogens with one attached hydrogen (secondary N) is 2. The minimum absolute atomic E-state index is 0.0381. The van der Waals surface area contributed by atoms with Crippen LogP contribution >= 0.6 is 0 Å². The van der Waals surface area contributed by atoms with Crippen molar-refractivity contribution in [3.63, 3.8) is 0 Å². The molecular formula is C23H32N4O. The molecule has 0 spiro atoms. The fourth-order valence-corrected chi connectivity index (χ4v) is 3.68. The molecule has 1 aliphatic rings. The smallest absolute Gasteiger partial charge is 0.315 e. The Hall–Kier alpha value is -2.53. The minimum Gasteiger partial charge on any atom is -0.371 e. The van der Waals surface area contributed by atoms with Gasteiger partial charge in [0.1, 0.15) is 0 Å². The summed E-state index contributed by atoms with van der Waals surface area (Å²) >= 11 is 0. The number of hydrogen-bond acceptors (Lipinski definition) is 3. The first-order chi connectivity index (χ1) is 13.7. The number of piperidine rings is 1. The van der Waals surface area contributed by atoms with Crippen molar-refractivity contribution in [2.24, 2.45) is 0 Å². The fraction of sp³-hybridized carbons (Fsp3) is 0.435. The number of amides is 2. The van der Waals surface area contributed by atoms with Gasteiger partial charge >= 0.3 is 6.03 Å². The Morgan fingerprint density at radius 1 is 1.04 bits per heavy atom. The van der Waals surface area contributed by atoms with Gasteiger partial charge in [-0.25, -0.2) is 4.79 Å². The van der Waals surface area contributed by atoms with E-state index in [0.717, 1.165) is 45.4 Å². The monoisotopic (exact) mass is 380 g/mol. The lowest BCUT2D eigenvalue weighted by Gasteiger charge is -2.34. The summed E-state index contributed by atoms with van der Waals surface area (Å²) in [6.07, 6.45) is 2.92. The van der Waals surface area contributed by atoms with E-state index in [1.807, 2.05) is 12.1 Å². The van der Waals surface area contributed by atoms with Crippen LogP contribution in [0.3, 0.4) is 0 Å². The van der Waals surface area contributed by atoms with Crippen molar-refractivity contribution in [1.29, 1.82) is 0 Å². The van der Waals surface area contributed by atoms with E-state index in [0.29, 0.717) is 6.54 Å².